The number of carbonyl (C=O) groups excluding carboxylic acids is 2. The van der Waals surface area contributed by atoms with Gasteiger partial charge in [-0.15, -0.1) is 11.3 Å². The summed E-state index contributed by atoms with van der Waals surface area (Å²) in [6, 6.07) is 0.269. The molecule has 1 aromatic heterocycles. The lowest BCUT2D eigenvalue weighted by molar-refractivity contribution is -0.125. The number of carbonyl (C=O) groups is 2. The summed E-state index contributed by atoms with van der Waals surface area (Å²) in [5, 5.41) is 6.34. The van der Waals surface area contributed by atoms with Gasteiger partial charge in [0.1, 0.15) is 0 Å². The number of nitrogens with one attached hydrogen (secondary N) is 2. The van der Waals surface area contributed by atoms with Crippen molar-refractivity contribution in [1.29, 1.82) is 0 Å². The molecule has 1 unspecified atom stereocenters. The first-order valence-corrected chi connectivity index (χ1v) is 10.5. The number of thiazole rings is 1. The average Bonchev–Trinajstić information content (AvgIpc) is 3.23. The van der Waals surface area contributed by atoms with Gasteiger partial charge in [-0.3, -0.25) is 14.6 Å². The third-order valence-electron chi connectivity index (χ3n) is 5.69. The van der Waals surface area contributed by atoms with Crippen molar-refractivity contribution in [2.45, 2.75) is 38.6 Å². The molecule has 1 aromatic rings. The molecular weight excluding hydrogens is 372 g/mol. The Labute approximate surface area is 168 Å². The quantitative estimate of drug-likeness (QED) is 0.820. The second-order valence-corrected chi connectivity index (χ2v) is 8.42. The minimum Gasteiger partial charge on any atom is -0.385 e. The molecule has 6 nitrogen and oxygen atoms in total. The number of rotatable bonds is 4. The van der Waals surface area contributed by atoms with Gasteiger partial charge in [-0.2, -0.15) is 0 Å². The number of dihydropyridines is 1. The summed E-state index contributed by atoms with van der Waals surface area (Å²) in [6.45, 7) is 2.00. The molecule has 7 heteroatoms. The molecule has 1 fully saturated rings. The van der Waals surface area contributed by atoms with Crippen molar-refractivity contribution in [3.05, 3.63) is 46.1 Å². The molecule has 1 atom stereocenters. The van der Waals surface area contributed by atoms with Gasteiger partial charge in [0.05, 0.1) is 22.0 Å². The van der Waals surface area contributed by atoms with Gasteiger partial charge in [0.2, 0.25) is 5.91 Å². The highest BCUT2D eigenvalue weighted by molar-refractivity contribution is 7.10. The van der Waals surface area contributed by atoms with E-state index in [2.05, 4.69) is 32.8 Å². The molecule has 2 amide bonds. The number of hydrogen-bond donors (Lipinski definition) is 2. The van der Waals surface area contributed by atoms with Crippen LogP contribution < -0.4 is 10.6 Å². The second kappa shape index (κ2) is 7.83. The lowest BCUT2D eigenvalue weighted by atomic mass is 9.82. The predicted molar refractivity (Wildman–Crippen MR) is 111 cm³/mol. The van der Waals surface area contributed by atoms with E-state index in [0.717, 1.165) is 53.1 Å². The van der Waals surface area contributed by atoms with Gasteiger partial charge >= 0.3 is 0 Å². The van der Waals surface area contributed by atoms with Crippen LogP contribution in [-0.2, 0) is 9.59 Å². The van der Waals surface area contributed by atoms with Crippen molar-refractivity contribution in [2.24, 2.45) is 16.8 Å². The van der Waals surface area contributed by atoms with E-state index in [1.54, 1.807) is 24.5 Å². The number of amides is 2. The smallest absolute Gasteiger partial charge is 0.271 e. The summed E-state index contributed by atoms with van der Waals surface area (Å²) in [7, 11) is 1.69. The van der Waals surface area contributed by atoms with Gasteiger partial charge in [0, 0.05) is 37.0 Å². The zero-order chi connectivity index (χ0) is 19.7. The van der Waals surface area contributed by atoms with E-state index in [0.29, 0.717) is 0 Å². The molecule has 0 aromatic carbocycles. The van der Waals surface area contributed by atoms with E-state index in [9.17, 15) is 9.59 Å². The SMILES string of the molecule is CNC(=O)C1CCC(NC2=CC(=O)N=C3C(C)=CC(c4cncs4)=CC23)CC1. The van der Waals surface area contributed by atoms with Crippen LogP contribution in [0.1, 0.15) is 37.5 Å². The van der Waals surface area contributed by atoms with Crippen LogP contribution in [0.5, 0.6) is 0 Å². The predicted octanol–water partition coefficient (Wildman–Crippen LogP) is 2.86. The number of allylic oxidation sites excluding steroid dienone is 4. The van der Waals surface area contributed by atoms with Crippen LogP contribution >= 0.6 is 11.3 Å². The van der Waals surface area contributed by atoms with Crippen molar-refractivity contribution in [2.75, 3.05) is 7.05 Å². The Hall–Kier alpha value is -2.54. The summed E-state index contributed by atoms with van der Waals surface area (Å²) < 4.78 is 0. The largest absolute Gasteiger partial charge is 0.385 e. The number of hydrogen-bond acceptors (Lipinski definition) is 5. The summed E-state index contributed by atoms with van der Waals surface area (Å²) >= 11 is 1.60. The Balaban J connectivity index is 1.52. The third kappa shape index (κ3) is 3.71. The maximum atomic E-state index is 12.2. The van der Waals surface area contributed by atoms with Crippen LogP contribution in [0.3, 0.4) is 0 Å². The first-order valence-electron chi connectivity index (χ1n) is 9.66. The number of nitrogens with zero attached hydrogens (tertiary/aromatic N) is 2. The Morgan fingerprint density at radius 3 is 2.68 bits per heavy atom. The first kappa shape index (κ1) is 18.8. The molecule has 1 aliphatic heterocycles. The minimum atomic E-state index is -0.213. The molecule has 4 rings (SSSR count). The van der Waals surface area contributed by atoms with E-state index in [1.165, 1.54) is 0 Å². The molecule has 2 heterocycles. The molecule has 0 bridgehead atoms. The maximum absolute atomic E-state index is 12.2. The Morgan fingerprint density at radius 1 is 1.21 bits per heavy atom. The summed E-state index contributed by atoms with van der Waals surface area (Å²) in [4.78, 5) is 33.6. The van der Waals surface area contributed by atoms with Crippen molar-refractivity contribution in [3.63, 3.8) is 0 Å². The lowest BCUT2D eigenvalue weighted by Gasteiger charge is -2.33. The van der Waals surface area contributed by atoms with E-state index in [-0.39, 0.29) is 29.7 Å². The van der Waals surface area contributed by atoms with Crippen LogP contribution in [0.2, 0.25) is 0 Å². The summed E-state index contributed by atoms with van der Waals surface area (Å²) in [5.74, 6) is -0.0309. The fraction of sp³-hybridized carbons (Fsp3) is 0.429. The third-order valence-corrected chi connectivity index (χ3v) is 6.52. The summed E-state index contributed by atoms with van der Waals surface area (Å²) in [6.07, 6.45) is 11.3. The molecule has 2 N–H and O–H groups in total. The number of aromatic nitrogens is 1. The van der Waals surface area contributed by atoms with E-state index >= 15 is 0 Å². The maximum Gasteiger partial charge on any atom is 0.271 e. The topological polar surface area (TPSA) is 83.5 Å². The lowest BCUT2D eigenvalue weighted by Crippen LogP contribution is -2.40. The highest BCUT2D eigenvalue weighted by atomic mass is 32.1. The standard InChI is InChI=1S/C21H24N4O2S/c1-12-7-14(18-10-23-11-28-18)8-16-17(9-19(26)25-20(12)16)24-15-5-3-13(4-6-15)21(27)22-2/h7-11,13,15-16,24H,3-6H2,1-2H3,(H,22,27). The normalized spacial score (nSPS) is 27.1. The van der Waals surface area contributed by atoms with Crippen LogP contribution in [0.4, 0.5) is 0 Å². The summed E-state index contributed by atoms with van der Waals surface area (Å²) in [5.41, 5.74) is 5.69. The fourth-order valence-electron chi connectivity index (χ4n) is 4.21. The van der Waals surface area contributed by atoms with Crippen molar-refractivity contribution >= 4 is 34.4 Å². The minimum absolute atomic E-state index is 0.0449. The van der Waals surface area contributed by atoms with Crippen LogP contribution in [0, 0.1) is 11.8 Å². The van der Waals surface area contributed by atoms with Gasteiger partial charge in [-0.1, -0.05) is 6.08 Å². The van der Waals surface area contributed by atoms with Gasteiger partial charge in [-0.05, 0) is 49.8 Å². The van der Waals surface area contributed by atoms with Crippen LogP contribution in [0.15, 0.2) is 46.2 Å². The Bertz CT molecular complexity index is 903. The fourth-order valence-corrected chi connectivity index (χ4v) is 4.83. The van der Waals surface area contributed by atoms with Crippen molar-refractivity contribution < 1.29 is 9.59 Å². The Kier molecular flexibility index (Phi) is 5.26. The van der Waals surface area contributed by atoms with Crippen LogP contribution in [0.25, 0.3) is 5.57 Å². The van der Waals surface area contributed by atoms with Gasteiger partial charge in [-0.25, -0.2) is 4.99 Å². The molecule has 1 saturated carbocycles. The average molecular weight is 397 g/mol. The molecule has 0 radical (unpaired) electrons. The zero-order valence-electron chi connectivity index (χ0n) is 16.1. The van der Waals surface area contributed by atoms with Crippen molar-refractivity contribution in [3.8, 4) is 0 Å². The van der Waals surface area contributed by atoms with Gasteiger partial charge in [0.25, 0.3) is 5.91 Å². The molecule has 2 aliphatic carbocycles. The van der Waals surface area contributed by atoms with E-state index in [4.69, 9.17) is 0 Å². The zero-order valence-corrected chi connectivity index (χ0v) is 16.9. The molecular formula is C21H24N4O2S. The molecule has 146 valence electrons. The van der Waals surface area contributed by atoms with Crippen molar-refractivity contribution in [1.82, 2.24) is 15.6 Å². The monoisotopic (exact) mass is 396 g/mol. The molecule has 28 heavy (non-hydrogen) atoms. The number of aliphatic imine (C=N–C) groups is 1. The highest BCUT2D eigenvalue weighted by Gasteiger charge is 2.32. The van der Waals surface area contributed by atoms with Gasteiger partial charge in [0.15, 0.2) is 0 Å². The second-order valence-electron chi connectivity index (χ2n) is 7.53. The molecule has 0 spiro atoms. The first-order chi connectivity index (χ1) is 13.5. The Morgan fingerprint density at radius 2 is 2.00 bits per heavy atom. The van der Waals surface area contributed by atoms with Crippen LogP contribution in [-0.4, -0.2) is 35.6 Å². The highest BCUT2D eigenvalue weighted by Crippen LogP contribution is 2.34. The van der Waals surface area contributed by atoms with E-state index < -0.39 is 0 Å². The number of fused-ring (bicyclic) bond motifs is 1. The van der Waals surface area contributed by atoms with E-state index in [1.807, 2.05) is 18.6 Å². The van der Waals surface area contributed by atoms with Gasteiger partial charge < -0.3 is 10.6 Å². The molecule has 0 saturated heterocycles. The molecule has 3 aliphatic rings.